The average Bonchev–Trinajstić information content (AvgIpc) is 2.90. The molecular weight excluding hydrogens is 300 g/mol. The van der Waals surface area contributed by atoms with E-state index in [4.69, 9.17) is 5.14 Å². The summed E-state index contributed by atoms with van der Waals surface area (Å²) in [5.74, 6) is 0. The minimum absolute atomic E-state index is 0.0258. The summed E-state index contributed by atoms with van der Waals surface area (Å²) in [5.41, 5.74) is 0. The minimum atomic E-state index is -3.81. The zero-order valence-electron chi connectivity index (χ0n) is 11.2. The predicted molar refractivity (Wildman–Crippen MR) is 75.0 cm³/mol. The second kappa shape index (κ2) is 5.44. The molecule has 0 aromatic heterocycles. The van der Waals surface area contributed by atoms with E-state index in [1.54, 1.807) is 7.05 Å². The van der Waals surface area contributed by atoms with Crippen molar-refractivity contribution in [3.8, 4) is 0 Å². The highest BCUT2D eigenvalue weighted by atomic mass is 32.2. The van der Waals surface area contributed by atoms with Crippen molar-refractivity contribution in [2.24, 2.45) is 5.14 Å². The fourth-order valence-electron chi connectivity index (χ4n) is 2.43. The van der Waals surface area contributed by atoms with Crippen molar-refractivity contribution in [3.63, 3.8) is 0 Å². The van der Waals surface area contributed by atoms with Gasteiger partial charge in [-0.3, -0.25) is 0 Å². The van der Waals surface area contributed by atoms with Crippen LogP contribution in [0.4, 0.5) is 0 Å². The van der Waals surface area contributed by atoms with Crippen molar-refractivity contribution >= 4 is 20.0 Å². The van der Waals surface area contributed by atoms with Gasteiger partial charge in [0.2, 0.25) is 20.0 Å². The van der Waals surface area contributed by atoms with Crippen LogP contribution in [0.25, 0.3) is 0 Å². The molecule has 6 nitrogen and oxygen atoms in total. The van der Waals surface area contributed by atoms with Gasteiger partial charge in [-0.2, -0.15) is 4.31 Å². The molecule has 0 bridgehead atoms. The molecule has 112 valence electrons. The van der Waals surface area contributed by atoms with Gasteiger partial charge in [0.15, 0.2) is 0 Å². The third-order valence-corrected chi connectivity index (χ3v) is 6.52. The quantitative estimate of drug-likeness (QED) is 0.891. The average molecular weight is 318 g/mol. The van der Waals surface area contributed by atoms with Gasteiger partial charge >= 0.3 is 0 Å². The van der Waals surface area contributed by atoms with E-state index in [9.17, 15) is 16.8 Å². The predicted octanol–water partition coefficient (Wildman–Crippen LogP) is 0.897. The molecule has 0 atom stereocenters. The molecule has 0 unspecified atom stereocenters. The largest absolute Gasteiger partial charge is 0.243 e. The van der Waals surface area contributed by atoms with Crippen LogP contribution in [0.5, 0.6) is 0 Å². The molecular formula is C12H18N2O4S2. The number of sulfonamides is 2. The Bertz CT molecular complexity index is 675. The molecule has 0 aliphatic heterocycles. The van der Waals surface area contributed by atoms with Crippen molar-refractivity contribution in [3.05, 3.63) is 24.3 Å². The number of rotatable bonds is 4. The summed E-state index contributed by atoms with van der Waals surface area (Å²) >= 11 is 0. The monoisotopic (exact) mass is 318 g/mol. The Balaban J connectivity index is 2.30. The van der Waals surface area contributed by atoms with E-state index < -0.39 is 20.0 Å². The summed E-state index contributed by atoms with van der Waals surface area (Å²) < 4.78 is 48.5. The van der Waals surface area contributed by atoms with E-state index >= 15 is 0 Å². The molecule has 0 radical (unpaired) electrons. The molecule has 1 aliphatic rings. The molecule has 1 aliphatic carbocycles. The second-order valence-corrected chi connectivity index (χ2v) is 8.53. The van der Waals surface area contributed by atoms with Crippen molar-refractivity contribution in [2.75, 3.05) is 7.05 Å². The molecule has 0 heterocycles. The summed E-state index contributed by atoms with van der Waals surface area (Å²) in [6, 6.07) is 5.01. The van der Waals surface area contributed by atoms with Gasteiger partial charge in [0.05, 0.1) is 9.79 Å². The van der Waals surface area contributed by atoms with Crippen LogP contribution in [0, 0.1) is 0 Å². The van der Waals surface area contributed by atoms with E-state index in [1.165, 1.54) is 28.6 Å². The number of hydrogen-bond donors (Lipinski definition) is 1. The van der Waals surface area contributed by atoms with Crippen molar-refractivity contribution in [1.82, 2.24) is 4.31 Å². The third-order valence-electron chi connectivity index (χ3n) is 3.67. The molecule has 0 spiro atoms. The number of nitrogens with zero attached hydrogens (tertiary/aromatic N) is 1. The molecule has 0 amide bonds. The summed E-state index contributed by atoms with van der Waals surface area (Å²) in [5, 5.41) is 4.99. The summed E-state index contributed by atoms with van der Waals surface area (Å²) in [6.45, 7) is 0. The molecule has 20 heavy (non-hydrogen) atoms. The fraction of sp³-hybridized carbons (Fsp3) is 0.500. The Morgan fingerprint density at radius 3 is 1.90 bits per heavy atom. The highest BCUT2D eigenvalue weighted by Crippen LogP contribution is 2.27. The Labute approximate surface area is 119 Å². The highest BCUT2D eigenvalue weighted by molar-refractivity contribution is 7.89. The van der Waals surface area contributed by atoms with E-state index in [0.717, 1.165) is 25.7 Å². The molecule has 0 saturated heterocycles. The van der Waals surface area contributed by atoms with Crippen LogP contribution in [0.2, 0.25) is 0 Å². The van der Waals surface area contributed by atoms with Crippen LogP contribution in [0.1, 0.15) is 25.7 Å². The van der Waals surface area contributed by atoms with Crippen LogP contribution in [-0.4, -0.2) is 34.2 Å². The highest BCUT2D eigenvalue weighted by Gasteiger charge is 2.30. The number of hydrogen-bond acceptors (Lipinski definition) is 4. The van der Waals surface area contributed by atoms with Crippen molar-refractivity contribution in [2.45, 2.75) is 41.5 Å². The lowest BCUT2D eigenvalue weighted by atomic mass is 10.3. The number of benzene rings is 1. The van der Waals surface area contributed by atoms with E-state index in [-0.39, 0.29) is 15.8 Å². The number of primary sulfonamides is 1. The molecule has 1 aromatic rings. The van der Waals surface area contributed by atoms with Crippen LogP contribution in [0.15, 0.2) is 34.1 Å². The standard InChI is InChI=1S/C12H18N2O4S2/c1-14(10-4-2-3-5-10)20(17,18)12-8-6-11(7-9-12)19(13,15)16/h6-10H,2-5H2,1H3,(H2,13,15,16). The smallest absolute Gasteiger partial charge is 0.225 e. The van der Waals surface area contributed by atoms with Crippen molar-refractivity contribution in [1.29, 1.82) is 0 Å². The van der Waals surface area contributed by atoms with Gasteiger partial charge in [-0.25, -0.2) is 22.0 Å². The van der Waals surface area contributed by atoms with Crippen LogP contribution in [0.3, 0.4) is 0 Å². The van der Waals surface area contributed by atoms with Crippen LogP contribution in [-0.2, 0) is 20.0 Å². The van der Waals surface area contributed by atoms with Gasteiger partial charge in [-0.1, -0.05) is 12.8 Å². The van der Waals surface area contributed by atoms with Gasteiger partial charge in [0.1, 0.15) is 0 Å². The maximum Gasteiger partial charge on any atom is 0.243 e. The first-order valence-electron chi connectivity index (χ1n) is 6.34. The van der Waals surface area contributed by atoms with Crippen LogP contribution >= 0.6 is 0 Å². The normalized spacial score (nSPS) is 17.8. The molecule has 1 fully saturated rings. The zero-order chi connectivity index (χ0) is 15.0. The summed E-state index contributed by atoms with van der Waals surface area (Å²) in [4.78, 5) is -0.0146. The van der Waals surface area contributed by atoms with E-state index in [0.29, 0.717) is 0 Å². The van der Waals surface area contributed by atoms with Gasteiger partial charge in [-0.15, -0.1) is 0 Å². The van der Waals surface area contributed by atoms with Gasteiger partial charge in [0.25, 0.3) is 0 Å². The SMILES string of the molecule is CN(C1CCCC1)S(=O)(=O)c1ccc(S(N)(=O)=O)cc1. The van der Waals surface area contributed by atoms with Gasteiger partial charge in [0, 0.05) is 13.1 Å². The first-order chi connectivity index (χ1) is 9.23. The fourth-order valence-corrected chi connectivity index (χ4v) is 4.36. The minimum Gasteiger partial charge on any atom is -0.225 e. The Kier molecular flexibility index (Phi) is 4.19. The first-order valence-corrected chi connectivity index (χ1v) is 9.32. The Morgan fingerprint density at radius 2 is 1.45 bits per heavy atom. The first kappa shape index (κ1) is 15.4. The molecule has 1 saturated carbocycles. The molecule has 2 N–H and O–H groups in total. The second-order valence-electron chi connectivity index (χ2n) is 4.98. The van der Waals surface area contributed by atoms with Gasteiger partial charge < -0.3 is 0 Å². The van der Waals surface area contributed by atoms with E-state index in [2.05, 4.69) is 0 Å². The number of nitrogens with two attached hydrogens (primary N) is 1. The van der Waals surface area contributed by atoms with E-state index in [1.807, 2.05) is 0 Å². The van der Waals surface area contributed by atoms with Gasteiger partial charge in [-0.05, 0) is 37.1 Å². The molecule has 1 aromatic carbocycles. The summed E-state index contributed by atoms with van der Waals surface area (Å²) in [7, 11) is -5.83. The Hall–Kier alpha value is -0.960. The summed E-state index contributed by atoms with van der Waals surface area (Å²) in [6.07, 6.45) is 3.81. The topological polar surface area (TPSA) is 97.5 Å². The lowest BCUT2D eigenvalue weighted by molar-refractivity contribution is 0.373. The van der Waals surface area contributed by atoms with Crippen molar-refractivity contribution < 1.29 is 16.8 Å². The van der Waals surface area contributed by atoms with Crippen LogP contribution < -0.4 is 5.14 Å². The molecule has 8 heteroatoms. The lowest BCUT2D eigenvalue weighted by Gasteiger charge is -2.23. The third kappa shape index (κ3) is 3.03. The zero-order valence-corrected chi connectivity index (χ0v) is 12.8. The Morgan fingerprint density at radius 1 is 1.00 bits per heavy atom. The maximum atomic E-state index is 12.4. The molecule has 2 rings (SSSR count). The lowest BCUT2D eigenvalue weighted by Crippen LogP contribution is -2.35. The maximum absolute atomic E-state index is 12.4.